The van der Waals surface area contributed by atoms with Crippen LogP contribution in [0.4, 0.5) is 4.39 Å². The Labute approximate surface area is 129 Å². The molecule has 0 unspecified atom stereocenters. The summed E-state index contributed by atoms with van der Waals surface area (Å²) in [5.74, 6) is 0.803. The number of aliphatic hydroxyl groups excluding tert-OH is 1. The molecule has 0 radical (unpaired) electrons. The molecule has 4 heteroatoms. The average Bonchev–Trinajstić information content (AvgIpc) is 2.66. The third-order valence-electron chi connectivity index (χ3n) is 3.72. The van der Waals surface area contributed by atoms with Gasteiger partial charge in [-0.2, -0.15) is 0 Å². The van der Waals surface area contributed by atoms with Crippen molar-refractivity contribution in [2.24, 2.45) is 5.41 Å². The monoisotopic (exact) mass is 302 g/mol. The summed E-state index contributed by atoms with van der Waals surface area (Å²) in [5.41, 5.74) is 0.744. The lowest BCUT2D eigenvalue weighted by atomic mass is 9.97. The van der Waals surface area contributed by atoms with Gasteiger partial charge in [0.1, 0.15) is 11.9 Å². The Morgan fingerprint density at radius 1 is 1.05 bits per heavy atom. The van der Waals surface area contributed by atoms with Crippen LogP contribution in [0.5, 0.6) is 11.5 Å². The first-order valence-electron chi connectivity index (χ1n) is 7.28. The Kier molecular flexibility index (Phi) is 3.79. The third-order valence-corrected chi connectivity index (χ3v) is 3.72. The smallest absolute Gasteiger partial charge is 0.161 e. The summed E-state index contributed by atoms with van der Waals surface area (Å²) in [6.45, 7) is 5.22. The van der Waals surface area contributed by atoms with E-state index in [-0.39, 0.29) is 11.0 Å². The molecule has 2 aromatic carbocycles. The normalized spacial score (nSPS) is 17.6. The Bertz CT molecular complexity index is 682. The number of rotatable bonds is 2. The molecule has 1 heterocycles. The predicted octanol–water partition coefficient (Wildman–Crippen LogP) is 3.70. The average molecular weight is 302 g/mol. The number of hydrogen-bond donors (Lipinski definition) is 1. The zero-order valence-electron chi connectivity index (χ0n) is 12.7. The van der Waals surface area contributed by atoms with E-state index in [1.165, 1.54) is 6.07 Å². The molecule has 0 saturated carbocycles. The van der Waals surface area contributed by atoms with E-state index in [4.69, 9.17) is 9.47 Å². The number of ether oxygens (including phenoxy) is 2. The molecule has 3 nitrogen and oxygen atoms in total. The van der Waals surface area contributed by atoms with Crippen LogP contribution in [0.3, 0.4) is 0 Å². The first-order chi connectivity index (χ1) is 10.5. The van der Waals surface area contributed by atoms with Crippen molar-refractivity contribution in [2.75, 3.05) is 13.2 Å². The van der Waals surface area contributed by atoms with Crippen LogP contribution < -0.4 is 9.47 Å². The molecular formula is C18H19FO3. The minimum Gasteiger partial charge on any atom is -0.489 e. The standard InChI is InChI=1S/C18H19FO3/c1-18(2)10-21-15-8-7-12(9-16(15)22-11-18)17(20)13-5-3-4-6-14(13)19/h3-9,17,20H,10-11H2,1-2H3/t17-/m1/s1. The molecule has 0 aromatic heterocycles. The largest absolute Gasteiger partial charge is 0.489 e. The maximum Gasteiger partial charge on any atom is 0.161 e. The lowest BCUT2D eigenvalue weighted by Gasteiger charge is -2.19. The van der Waals surface area contributed by atoms with E-state index in [2.05, 4.69) is 13.8 Å². The molecule has 1 aliphatic heterocycles. The van der Waals surface area contributed by atoms with Crippen LogP contribution >= 0.6 is 0 Å². The highest BCUT2D eigenvalue weighted by molar-refractivity contribution is 5.46. The van der Waals surface area contributed by atoms with Gasteiger partial charge in [0.15, 0.2) is 11.5 Å². The van der Waals surface area contributed by atoms with Crippen LogP contribution in [0.15, 0.2) is 42.5 Å². The lowest BCUT2D eigenvalue weighted by Crippen LogP contribution is -2.26. The number of fused-ring (bicyclic) bond motifs is 1. The van der Waals surface area contributed by atoms with Crippen molar-refractivity contribution in [3.8, 4) is 11.5 Å². The van der Waals surface area contributed by atoms with Gasteiger partial charge < -0.3 is 14.6 Å². The molecule has 0 fully saturated rings. The van der Waals surface area contributed by atoms with Gasteiger partial charge in [-0.25, -0.2) is 4.39 Å². The molecule has 1 atom stereocenters. The molecule has 0 saturated heterocycles. The summed E-state index contributed by atoms with van der Waals surface area (Å²) in [4.78, 5) is 0. The number of aliphatic hydroxyl groups is 1. The summed E-state index contributed by atoms with van der Waals surface area (Å²) < 4.78 is 25.4. The van der Waals surface area contributed by atoms with Gasteiger partial charge in [0.2, 0.25) is 0 Å². The molecule has 3 rings (SSSR count). The van der Waals surface area contributed by atoms with E-state index in [1.807, 2.05) is 0 Å². The highest BCUT2D eigenvalue weighted by Crippen LogP contribution is 2.37. The van der Waals surface area contributed by atoms with E-state index in [0.29, 0.717) is 30.3 Å². The first kappa shape index (κ1) is 14.9. The van der Waals surface area contributed by atoms with Gasteiger partial charge in [0.25, 0.3) is 0 Å². The van der Waals surface area contributed by atoms with Crippen molar-refractivity contribution in [2.45, 2.75) is 20.0 Å². The molecule has 0 spiro atoms. The zero-order valence-corrected chi connectivity index (χ0v) is 12.7. The molecule has 0 aliphatic carbocycles. The number of halogens is 1. The number of benzene rings is 2. The van der Waals surface area contributed by atoms with Gasteiger partial charge in [0, 0.05) is 11.0 Å². The highest BCUT2D eigenvalue weighted by Gasteiger charge is 2.26. The van der Waals surface area contributed by atoms with Gasteiger partial charge in [-0.15, -0.1) is 0 Å². The fraction of sp³-hybridized carbons (Fsp3) is 0.333. The second-order valence-electron chi connectivity index (χ2n) is 6.37. The molecular weight excluding hydrogens is 283 g/mol. The Morgan fingerprint density at radius 2 is 1.73 bits per heavy atom. The van der Waals surface area contributed by atoms with Crippen LogP contribution in [0.25, 0.3) is 0 Å². The Balaban J connectivity index is 1.91. The van der Waals surface area contributed by atoms with E-state index in [9.17, 15) is 9.50 Å². The van der Waals surface area contributed by atoms with Crippen LogP contribution in [-0.4, -0.2) is 18.3 Å². The zero-order chi connectivity index (χ0) is 15.7. The predicted molar refractivity (Wildman–Crippen MR) is 81.7 cm³/mol. The number of hydrogen-bond acceptors (Lipinski definition) is 3. The topological polar surface area (TPSA) is 38.7 Å². The van der Waals surface area contributed by atoms with Crippen LogP contribution in [0.2, 0.25) is 0 Å². The van der Waals surface area contributed by atoms with Crippen LogP contribution in [0.1, 0.15) is 31.1 Å². The van der Waals surface area contributed by atoms with Crippen molar-refractivity contribution in [3.63, 3.8) is 0 Å². The van der Waals surface area contributed by atoms with Crippen LogP contribution in [-0.2, 0) is 0 Å². The van der Waals surface area contributed by atoms with Crippen molar-refractivity contribution in [1.82, 2.24) is 0 Å². The summed E-state index contributed by atoms with van der Waals surface area (Å²) in [6, 6.07) is 11.4. The van der Waals surface area contributed by atoms with Gasteiger partial charge in [0.05, 0.1) is 13.2 Å². The van der Waals surface area contributed by atoms with Crippen molar-refractivity contribution in [1.29, 1.82) is 0 Å². The second-order valence-corrected chi connectivity index (χ2v) is 6.37. The van der Waals surface area contributed by atoms with Gasteiger partial charge >= 0.3 is 0 Å². The fourth-order valence-corrected chi connectivity index (χ4v) is 2.39. The van der Waals surface area contributed by atoms with E-state index < -0.39 is 11.9 Å². The second kappa shape index (κ2) is 5.61. The van der Waals surface area contributed by atoms with Gasteiger partial charge in [-0.05, 0) is 23.8 Å². The summed E-state index contributed by atoms with van der Waals surface area (Å²) in [5, 5.41) is 10.4. The molecule has 22 heavy (non-hydrogen) atoms. The summed E-state index contributed by atoms with van der Waals surface area (Å²) >= 11 is 0. The lowest BCUT2D eigenvalue weighted by molar-refractivity contribution is 0.140. The SMILES string of the molecule is CC1(C)COc2ccc([C@@H](O)c3ccccc3F)cc2OC1. The Morgan fingerprint density at radius 3 is 2.45 bits per heavy atom. The van der Waals surface area contributed by atoms with Crippen molar-refractivity contribution < 1.29 is 19.0 Å². The van der Waals surface area contributed by atoms with E-state index in [1.54, 1.807) is 36.4 Å². The van der Waals surface area contributed by atoms with E-state index >= 15 is 0 Å². The maximum absolute atomic E-state index is 13.8. The fourth-order valence-electron chi connectivity index (χ4n) is 2.39. The molecule has 1 aliphatic rings. The molecule has 1 N–H and O–H groups in total. The minimum absolute atomic E-state index is 0.0800. The summed E-state index contributed by atoms with van der Waals surface area (Å²) in [6.07, 6.45) is -1.04. The summed E-state index contributed by atoms with van der Waals surface area (Å²) in [7, 11) is 0. The molecule has 116 valence electrons. The molecule has 0 bridgehead atoms. The first-order valence-corrected chi connectivity index (χ1v) is 7.28. The van der Waals surface area contributed by atoms with Crippen LogP contribution in [0, 0.1) is 11.2 Å². The highest BCUT2D eigenvalue weighted by atomic mass is 19.1. The molecule has 0 amide bonds. The quantitative estimate of drug-likeness (QED) is 0.919. The molecule has 2 aromatic rings. The van der Waals surface area contributed by atoms with Gasteiger partial charge in [-0.3, -0.25) is 0 Å². The minimum atomic E-state index is -1.04. The van der Waals surface area contributed by atoms with E-state index in [0.717, 1.165) is 0 Å². The van der Waals surface area contributed by atoms with Crippen molar-refractivity contribution >= 4 is 0 Å². The van der Waals surface area contributed by atoms with Gasteiger partial charge in [-0.1, -0.05) is 38.1 Å². The van der Waals surface area contributed by atoms with Crippen molar-refractivity contribution in [3.05, 3.63) is 59.4 Å². The Hall–Kier alpha value is -2.07. The maximum atomic E-state index is 13.8. The third kappa shape index (κ3) is 2.92.